The molecule has 4 aromatic rings. The Bertz CT molecular complexity index is 1120. The zero-order valence-corrected chi connectivity index (χ0v) is 15.5. The molecule has 0 unspecified atom stereocenters. The summed E-state index contributed by atoms with van der Waals surface area (Å²) in [6, 6.07) is 14.2. The summed E-state index contributed by atoms with van der Waals surface area (Å²) >= 11 is 1.57. The average molecular weight is 396 g/mol. The number of anilines is 1. The van der Waals surface area contributed by atoms with Crippen LogP contribution in [0.15, 0.2) is 65.3 Å². The molecule has 2 aromatic heterocycles. The number of nitrogens with zero attached hydrogens (tertiary/aromatic N) is 1. The van der Waals surface area contributed by atoms with E-state index in [1.807, 2.05) is 25.1 Å². The Morgan fingerprint density at radius 2 is 1.79 bits per heavy atom. The summed E-state index contributed by atoms with van der Waals surface area (Å²) in [4.78, 5) is 14.2. The number of hydrogen-bond acceptors (Lipinski definition) is 4. The number of nitrogens with one attached hydrogen (secondary N) is 1. The molecule has 0 radical (unpaired) electrons. The molecule has 0 saturated heterocycles. The van der Waals surface area contributed by atoms with Gasteiger partial charge in [0.05, 0.1) is 11.1 Å². The summed E-state index contributed by atoms with van der Waals surface area (Å²) in [7, 11) is 0. The van der Waals surface area contributed by atoms with Crippen molar-refractivity contribution >= 4 is 22.9 Å². The Labute approximate surface area is 163 Å². The summed E-state index contributed by atoms with van der Waals surface area (Å²) in [5.41, 5.74) is 1.89. The van der Waals surface area contributed by atoms with Gasteiger partial charge in [-0.3, -0.25) is 4.79 Å². The minimum Gasteiger partial charge on any atom is -0.355 e. The van der Waals surface area contributed by atoms with Gasteiger partial charge >= 0.3 is 0 Å². The van der Waals surface area contributed by atoms with Gasteiger partial charge in [0.2, 0.25) is 0 Å². The molecule has 2 heterocycles. The fourth-order valence-corrected chi connectivity index (χ4v) is 3.98. The average Bonchev–Trinajstić information content (AvgIpc) is 3.32. The Morgan fingerprint density at radius 3 is 2.43 bits per heavy atom. The quantitative estimate of drug-likeness (QED) is 0.467. The van der Waals surface area contributed by atoms with Crippen LogP contribution in [0.4, 0.5) is 14.5 Å². The largest absolute Gasteiger partial charge is 0.355 e. The molecular formula is C21H14F2N2O2S. The summed E-state index contributed by atoms with van der Waals surface area (Å²) in [5.74, 6) is -1.93. The number of aryl methyl sites for hydroxylation is 1. The normalized spacial score (nSPS) is 10.8. The van der Waals surface area contributed by atoms with Crippen LogP contribution in [0.1, 0.15) is 15.9 Å². The Hall–Kier alpha value is -3.32. The SMILES string of the molecule is Cc1cc(-c2ccno2)sc1-c1ccc(NC(=O)c2c(F)cccc2F)cc1. The summed E-state index contributed by atoms with van der Waals surface area (Å²) in [6.45, 7) is 2.00. The van der Waals surface area contributed by atoms with E-state index in [-0.39, 0.29) is 0 Å². The van der Waals surface area contributed by atoms with Gasteiger partial charge < -0.3 is 9.84 Å². The highest BCUT2D eigenvalue weighted by molar-refractivity contribution is 7.19. The van der Waals surface area contributed by atoms with E-state index in [1.165, 1.54) is 6.07 Å². The van der Waals surface area contributed by atoms with Crippen molar-refractivity contribution in [2.24, 2.45) is 0 Å². The first-order chi connectivity index (χ1) is 13.5. The standard InChI is InChI=1S/C21H14F2N2O2S/c1-12-11-18(17-9-10-24-27-17)28-20(12)13-5-7-14(8-6-13)25-21(26)19-15(22)3-2-4-16(19)23/h2-11H,1H3,(H,25,26). The van der Waals surface area contributed by atoms with Crippen LogP contribution < -0.4 is 5.32 Å². The molecule has 0 aliphatic carbocycles. The lowest BCUT2D eigenvalue weighted by atomic mass is 10.1. The molecule has 2 aromatic carbocycles. The molecule has 7 heteroatoms. The van der Waals surface area contributed by atoms with Gasteiger partial charge in [-0.05, 0) is 48.4 Å². The van der Waals surface area contributed by atoms with Crippen molar-refractivity contribution < 1.29 is 18.1 Å². The third kappa shape index (κ3) is 3.44. The lowest BCUT2D eigenvalue weighted by molar-refractivity contribution is 0.101. The Morgan fingerprint density at radius 1 is 1.07 bits per heavy atom. The van der Waals surface area contributed by atoms with Crippen LogP contribution in [0.2, 0.25) is 0 Å². The highest BCUT2D eigenvalue weighted by atomic mass is 32.1. The van der Waals surface area contributed by atoms with E-state index in [0.717, 1.165) is 33.0 Å². The van der Waals surface area contributed by atoms with Gasteiger partial charge in [0, 0.05) is 16.6 Å². The van der Waals surface area contributed by atoms with Gasteiger partial charge in [-0.25, -0.2) is 8.78 Å². The first-order valence-electron chi connectivity index (χ1n) is 8.40. The van der Waals surface area contributed by atoms with Crippen molar-refractivity contribution in [1.82, 2.24) is 5.16 Å². The molecule has 0 aliphatic heterocycles. The van der Waals surface area contributed by atoms with Gasteiger partial charge in [0.25, 0.3) is 5.91 Å². The molecule has 4 rings (SSSR count). The second-order valence-electron chi connectivity index (χ2n) is 6.13. The molecule has 0 spiro atoms. The van der Waals surface area contributed by atoms with E-state index < -0.39 is 23.1 Å². The first kappa shape index (κ1) is 18.1. The van der Waals surface area contributed by atoms with E-state index in [1.54, 1.807) is 35.7 Å². The number of halogens is 2. The third-order valence-electron chi connectivity index (χ3n) is 4.19. The van der Waals surface area contributed by atoms with Gasteiger partial charge in [-0.2, -0.15) is 0 Å². The molecule has 140 valence electrons. The maximum Gasteiger partial charge on any atom is 0.261 e. The number of carbonyl (C=O) groups is 1. The van der Waals surface area contributed by atoms with Crippen LogP contribution in [0.5, 0.6) is 0 Å². The van der Waals surface area contributed by atoms with Crippen molar-refractivity contribution in [2.75, 3.05) is 5.32 Å². The predicted octanol–water partition coefficient (Wildman–Crippen LogP) is 5.91. The van der Waals surface area contributed by atoms with Crippen molar-refractivity contribution in [3.63, 3.8) is 0 Å². The van der Waals surface area contributed by atoms with Crippen molar-refractivity contribution in [3.05, 3.63) is 83.6 Å². The summed E-state index contributed by atoms with van der Waals surface area (Å²) in [6.07, 6.45) is 1.60. The maximum absolute atomic E-state index is 13.7. The molecule has 0 aliphatic rings. The second-order valence-corrected chi connectivity index (χ2v) is 7.18. The topological polar surface area (TPSA) is 55.1 Å². The number of amides is 1. The number of aromatic nitrogens is 1. The number of rotatable bonds is 4. The number of hydrogen-bond donors (Lipinski definition) is 1. The fourth-order valence-electron chi connectivity index (χ4n) is 2.85. The van der Waals surface area contributed by atoms with Gasteiger partial charge in [0.15, 0.2) is 5.76 Å². The van der Waals surface area contributed by atoms with Crippen LogP contribution in [-0.4, -0.2) is 11.1 Å². The van der Waals surface area contributed by atoms with Crippen molar-refractivity contribution in [1.29, 1.82) is 0 Å². The number of thiophene rings is 1. The van der Waals surface area contributed by atoms with Crippen LogP contribution in [-0.2, 0) is 0 Å². The summed E-state index contributed by atoms with van der Waals surface area (Å²) in [5, 5.41) is 6.25. The van der Waals surface area contributed by atoms with Crippen LogP contribution in [0.3, 0.4) is 0 Å². The third-order valence-corrected chi connectivity index (χ3v) is 5.49. The van der Waals surface area contributed by atoms with E-state index in [4.69, 9.17) is 4.52 Å². The van der Waals surface area contributed by atoms with Gasteiger partial charge in [-0.1, -0.05) is 23.4 Å². The molecular weight excluding hydrogens is 382 g/mol. The minimum absolute atomic E-state index is 0.445. The molecule has 1 N–H and O–H groups in total. The maximum atomic E-state index is 13.7. The van der Waals surface area contributed by atoms with Crippen LogP contribution in [0.25, 0.3) is 21.1 Å². The fraction of sp³-hybridized carbons (Fsp3) is 0.0476. The zero-order chi connectivity index (χ0) is 19.7. The summed E-state index contributed by atoms with van der Waals surface area (Å²) < 4.78 is 32.7. The van der Waals surface area contributed by atoms with Crippen molar-refractivity contribution in [3.8, 4) is 21.1 Å². The Kier molecular flexibility index (Phi) is 4.75. The van der Waals surface area contributed by atoms with E-state index in [9.17, 15) is 13.6 Å². The lowest BCUT2D eigenvalue weighted by Gasteiger charge is -2.08. The van der Waals surface area contributed by atoms with Crippen LogP contribution in [0, 0.1) is 18.6 Å². The van der Waals surface area contributed by atoms with Gasteiger partial charge in [-0.15, -0.1) is 11.3 Å². The predicted molar refractivity (Wildman–Crippen MR) is 104 cm³/mol. The molecule has 0 bridgehead atoms. The van der Waals surface area contributed by atoms with E-state index in [0.29, 0.717) is 11.4 Å². The number of carbonyl (C=O) groups excluding carboxylic acids is 1. The van der Waals surface area contributed by atoms with Crippen molar-refractivity contribution in [2.45, 2.75) is 6.92 Å². The highest BCUT2D eigenvalue weighted by Gasteiger charge is 2.17. The number of benzene rings is 2. The zero-order valence-electron chi connectivity index (χ0n) is 14.7. The highest BCUT2D eigenvalue weighted by Crippen LogP contribution is 2.38. The first-order valence-corrected chi connectivity index (χ1v) is 9.22. The molecule has 0 saturated carbocycles. The minimum atomic E-state index is -0.900. The molecule has 1 amide bonds. The Balaban J connectivity index is 1.56. The van der Waals surface area contributed by atoms with Gasteiger partial charge in [0.1, 0.15) is 17.2 Å². The monoisotopic (exact) mass is 396 g/mol. The lowest BCUT2D eigenvalue weighted by Crippen LogP contribution is -2.15. The second kappa shape index (κ2) is 7.36. The molecule has 4 nitrogen and oxygen atoms in total. The molecule has 28 heavy (non-hydrogen) atoms. The molecule has 0 fully saturated rings. The molecule has 0 atom stereocenters. The van der Waals surface area contributed by atoms with Crippen LogP contribution >= 0.6 is 11.3 Å². The van der Waals surface area contributed by atoms with E-state index in [2.05, 4.69) is 10.5 Å². The van der Waals surface area contributed by atoms with E-state index >= 15 is 0 Å². The smallest absolute Gasteiger partial charge is 0.261 e.